The van der Waals surface area contributed by atoms with Crippen LogP contribution in [-0.4, -0.2) is 17.1 Å². The highest BCUT2D eigenvalue weighted by atomic mass is 19.1. The molecule has 0 aliphatic heterocycles. The molecule has 94 valence electrons. The largest absolute Gasteiger partial charge is 0.481 e. The van der Waals surface area contributed by atoms with Crippen molar-refractivity contribution in [3.8, 4) is 17.0 Å². The van der Waals surface area contributed by atoms with Gasteiger partial charge < -0.3 is 4.74 Å². The van der Waals surface area contributed by atoms with Gasteiger partial charge in [-0.25, -0.2) is 9.37 Å². The second kappa shape index (κ2) is 4.65. The molecule has 4 heteroatoms. The number of pyridine rings is 2. The third-order valence-electron chi connectivity index (χ3n) is 2.90. The number of halogens is 1. The molecule has 0 spiro atoms. The monoisotopic (exact) mass is 254 g/mol. The molecule has 19 heavy (non-hydrogen) atoms. The number of rotatable bonds is 2. The van der Waals surface area contributed by atoms with Crippen LogP contribution in [0.5, 0.6) is 5.88 Å². The lowest BCUT2D eigenvalue weighted by atomic mass is 10.1. The fourth-order valence-corrected chi connectivity index (χ4v) is 2.02. The topological polar surface area (TPSA) is 35.0 Å². The second-order valence-electron chi connectivity index (χ2n) is 4.13. The van der Waals surface area contributed by atoms with Gasteiger partial charge in [-0.3, -0.25) is 4.98 Å². The highest BCUT2D eigenvalue weighted by molar-refractivity contribution is 5.86. The lowest BCUT2D eigenvalue weighted by Crippen LogP contribution is -1.93. The summed E-state index contributed by atoms with van der Waals surface area (Å²) in [6, 6.07) is 11.1. The number of benzene rings is 1. The van der Waals surface area contributed by atoms with Gasteiger partial charge in [0.2, 0.25) is 5.88 Å². The molecule has 2 aromatic heterocycles. The first-order valence-electron chi connectivity index (χ1n) is 5.82. The summed E-state index contributed by atoms with van der Waals surface area (Å²) >= 11 is 0. The molecule has 3 rings (SSSR count). The van der Waals surface area contributed by atoms with Gasteiger partial charge in [-0.1, -0.05) is 18.2 Å². The first kappa shape index (κ1) is 11.6. The molecule has 0 aliphatic rings. The molecular formula is C15H11FN2O. The van der Waals surface area contributed by atoms with E-state index in [1.54, 1.807) is 13.3 Å². The predicted octanol–water partition coefficient (Wildman–Crippen LogP) is 3.44. The lowest BCUT2D eigenvalue weighted by Gasteiger charge is -2.09. The van der Waals surface area contributed by atoms with Crippen LogP contribution in [0.2, 0.25) is 0 Å². The molecule has 1 aromatic carbocycles. The van der Waals surface area contributed by atoms with Crippen molar-refractivity contribution >= 4 is 10.9 Å². The molecule has 0 amide bonds. The van der Waals surface area contributed by atoms with Crippen molar-refractivity contribution in [1.82, 2.24) is 9.97 Å². The molecule has 0 aliphatic carbocycles. The Bertz CT molecular complexity index is 743. The summed E-state index contributed by atoms with van der Waals surface area (Å²) in [7, 11) is 1.55. The van der Waals surface area contributed by atoms with E-state index in [1.807, 2.05) is 30.3 Å². The van der Waals surface area contributed by atoms with Gasteiger partial charge in [0.1, 0.15) is 5.82 Å². The number of para-hydroxylation sites is 1. The fraction of sp³-hybridized carbons (Fsp3) is 0.0667. The van der Waals surface area contributed by atoms with Gasteiger partial charge in [-0.05, 0) is 18.2 Å². The van der Waals surface area contributed by atoms with E-state index in [0.717, 1.165) is 16.5 Å². The first-order valence-corrected chi connectivity index (χ1v) is 5.82. The minimum atomic E-state index is -0.382. The Morgan fingerprint density at radius 3 is 2.74 bits per heavy atom. The molecule has 0 saturated heterocycles. The summed E-state index contributed by atoms with van der Waals surface area (Å²) in [5.74, 6) is 0.0822. The van der Waals surface area contributed by atoms with Crippen molar-refractivity contribution < 1.29 is 9.13 Å². The van der Waals surface area contributed by atoms with Crippen LogP contribution in [-0.2, 0) is 0 Å². The van der Waals surface area contributed by atoms with E-state index < -0.39 is 0 Å². The van der Waals surface area contributed by atoms with Crippen molar-refractivity contribution in [3.63, 3.8) is 0 Å². The number of fused-ring (bicyclic) bond motifs is 1. The van der Waals surface area contributed by atoms with Crippen LogP contribution in [0.15, 0.2) is 48.8 Å². The molecular weight excluding hydrogens is 243 g/mol. The van der Waals surface area contributed by atoms with Crippen molar-refractivity contribution in [2.45, 2.75) is 0 Å². The van der Waals surface area contributed by atoms with E-state index in [2.05, 4.69) is 9.97 Å². The van der Waals surface area contributed by atoms with Crippen LogP contribution in [0.25, 0.3) is 22.0 Å². The Kier molecular flexibility index (Phi) is 2.83. The van der Waals surface area contributed by atoms with Crippen LogP contribution in [0.1, 0.15) is 0 Å². The Morgan fingerprint density at radius 2 is 1.95 bits per heavy atom. The molecule has 0 radical (unpaired) electrons. The van der Waals surface area contributed by atoms with E-state index in [9.17, 15) is 4.39 Å². The molecule has 0 unspecified atom stereocenters. The van der Waals surface area contributed by atoms with Gasteiger partial charge in [-0.15, -0.1) is 0 Å². The summed E-state index contributed by atoms with van der Waals surface area (Å²) in [6.45, 7) is 0. The third kappa shape index (κ3) is 2.12. The number of ether oxygens (including phenoxy) is 1. The minimum absolute atomic E-state index is 0.382. The fourth-order valence-electron chi connectivity index (χ4n) is 2.02. The maximum atomic E-state index is 13.3. The van der Waals surface area contributed by atoms with Crippen molar-refractivity contribution in [2.24, 2.45) is 0 Å². The summed E-state index contributed by atoms with van der Waals surface area (Å²) in [6.07, 6.45) is 2.77. The maximum Gasteiger partial charge on any atom is 0.221 e. The van der Waals surface area contributed by atoms with Crippen molar-refractivity contribution in [1.29, 1.82) is 0 Å². The van der Waals surface area contributed by atoms with Crippen LogP contribution < -0.4 is 4.74 Å². The normalized spacial score (nSPS) is 10.6. The Morgan fingerprint density at radius 1 is 1.11 bits per heavy atom. The average molecular weight is 254 g/mol. The standard InChI is InChI=1S/C15H11FN2O/c1-19-15-13(11-6-12(16)9-17-8-11)7-10-4-2-3-5-14(10)18-15/h2-9H,1H3. The highest BCUT2D eigenvalue weighted by Crippen LogP contribution is 2.31. The number of nitrogens with zero attached hydrogens (tertiary/aromatic N) is 2. The first-order chi connectivity index (χ1) is 9.28. The molecule has 3 nitrogen and oxygen atoms in total. The smallest absolute Gasteiger partial charge is 0.221 e. The number of hydrogen-bond acceptors (Lipinski definition) is 3. The molecule has 0 N–H and O–H groups in total. The summed E-state index contributed by atoms with van der Waals surface area (Å²) in [5, 5.41) is 0.975. The van der Waals surface area contributed by atoms with Gasteiger partial charge in [0.15, 0.2) is 0 Å². The van der Waals surface area contributed by atoms with E-state index in [0.29, 0.717) is 11.4 Å². The summed E-state index contributed by atoms with van der Waals surface area (Å²) in [4.78, 5) is 8.28. The van der Waals surface area contributed by atoms with Crippen LogP contribution in [0.3, 0.4) is 0 Å². The van der Waals surface area contributed by atoms with Crippen LogP contribution in [0, 0.1) is 5.82 Å². The Labute approximate surface area is 109 Å². The summed E-state index contributed by atoms with van der Waals surface area (Å²) < 4.78 is 18.6. The Hall–Kier alpha value is -2.49. The zero-order chi connectivity index (χ0) is 13.2. The predicted molar refractivity (Wildman–Crippen MR) is 71.5 cm³/mol. The average Bonchev–Trinajstić information content (AvgIpc) is 2.46. The SMILES string of the molecule is COc1nc2ccccc2cc1-c1cncc(F)c1. The quantitative estimate of drug-likeness (QED) is 0.702. The molecule has 0 saturated carbocycles. The van der Waals surface area contributed by atoms with E-state index in [1.165, 1.54) is 12.3 Å². The lowest BCUT2D eigenvalue weighted by molar-refractivity contribution is 0.401. The zero-order valence-electron chi connectivity index (χ0n) is 10.3. The molecule has 3 aromatic rings. The minimum Gasteiger partial charge on any atom is -0.481 e. The zero-order valence-corrected chi connectivity index (χ0v) is 10.3. The van der Waals surface area contributed by atoms with Gasteiger partial charge in [0.25, 0.3) is 0 Å². The summed E-state index contributed by atoms with van der Waals surface area (Å²) in [5.41, 5.74) is 2.22. The third-order valence-corrected chi connectivity index (χ3v) is 2.90. The molecule has 0 fully saturated rings. The molecule has 0 bridgehead atoms. The van der Waals surface area contributed by atoms with Crippen LogP contribution >= 0.6 is 0 Å². The van der Waals surface area contributed by atoms with Crippen molar-refractivity contribution in [2.75, 3.05) is 7.11 Å². The van der Waals surface area contributed by atoms with E-state index >= 15 is 0 Å². The van der Waals surface area contributed by atoms with Gasteiger partial charge in [0, 0.05) is 22.7 Å². The van der Waals surface area contributed by atoms with Gasteiger partial charge >= 0.3 is 0 Å². The highest BCUT2D eigenvalue weighted by Gasteiger charge is 2.10. The maximum absolute atomic E-state index is 13.3. The van der Waals surface area contributed by atoms with E-state index in [4.69, 9.17) is 4.74 Å². The number of methoxy groups -OCH3 is 1. The van der Waals surface area contributed by atoms with Crippen molar-refractivity contribution in [3.05, 3.63) is 54.6 Å². The van der Waals surface area contributed by atoms with Gasteiger partial charge in [-0.2, -0.15) is 0 Å². The second-order valence-corrected chi connectivity index (χ2v) is 4.13. The number of aromatic nitrogens is 2. The Balaban J connectivity index is 2.27. The van der Waals surface area contributed by atoms with E-state index in [-0.39, 0.29) is 5.82 Å². The molecule has 2 heterocycles. The van der Waals surface area contributed by atoms with Gasteiger partial charge in [0.05, 0.1) is 18.8 Å². The molecule has 0 atom stereocenters. The van der Waals surface area contributed by atoms with Crippen LogP contribution in [0.4, 0.5) is 4.39 Å². The number of hydrogen-bond donors (Lipinski definition) is 0.